The van der Waals surface area contributed by atoms with Gasteiger partial charge in [-0.2, -0.15) is 0 Å². The van der Waals surface area contributed by atoms with Crippen molar-refractivity contribution in [2.24, 2.45) is 5.92 Å². The predicted molar refractivity (Wildman–Crippen MR) is 75.9 cm³/mol. The van der Waals surface area contributed by atoms with Crippen LogP contribution in [0.2, 0.25) is 0 Å². The molecule has 1 heterocycles. The van der Waals surface area contributed by atoms with Crippen molar-refractivity contribution in [3.05, 3.63) is 34.9 Å². The van der Waals surface area contributed by atoms with Crippen molar-refractivity contribution in [1.82, 2.24) is 5.32 Å². The fraction of sp³-hybridized carbons (Fsp3) is 0.625. The molecule has 2 atom stereocenters. The monoisotopic (exact) mass is 247 g/mol. The zero-order valence-corrected chi connectivity index (χ0v) is 11.8. The third-order valence-corrected chi connectivity index (χ3v) is 3.67. The van der Waals surface area contributed by atoms with Gasteiger partial charge in [-0.15, -0.1) is 0 Å². The Bertz CT molecular complexity index is 368. The van der Waals surface area contributed by atoms with Crippen LogP contribution in [-0.2, 0) is 4.74 Å². The van der Waals surface area contributed by atoms with Crippen LogP contribution in [0.25, 0.3) is 0 Å². The molecule has 1 N–H and O–H groups in total. The van der Waals surface area contributed by atoms with Crippen LogP contribution in [0.15, 0.2) is 18.2 Å². The van der Waals surface area contributed by atoms with E-state index in [1.54, 1.807) is 0 Å². The average Bonchev–Trinajstić information content (AvgIpc) is 2.35. The molecule has 18 heavy (non-hydrogen) atoms. The Morgan fingerprint density at radius 3 is 2.61 bits per heavy atom. The summed E-state index contributed by atoms with van der Waals surface area (Å²) in [6, 6.07) is 6.79. The number of ether oxygens (including phenoxy) is 1. The number of nitrogens with one attached hydrogen (secondary N) is 1. The fourth-order valence-corrected chi connectivity index (χ4v) is 2.92. The summed E-state index contributed by atoms with van der Waals surface area (Å²) in [7, 11) is 0. The van der Waals surface area contributed by atoms with Gasteiger partial charge < -0.3 is 10.1 Å². The lowest BCUT2D eigenvalue weighted by Crippen LogP contribution is -2.31. The van der Waals surface area contributed by atoms with Crippen molar-refractivity contribution >= 4 is 0 Å². The highest BCUT2D eigenvalue weighted by molar-refractivity contribution is 5.30. The molecule has 0 aromatic heterocycles. The van der Waals surface area contributed by atoms with Crippen molar-refractivity contribution in [3.63, 3.8) is 0 Å². The molecule has 1 aliphatic rings. The molecule has 100 valence electrons. The molecular weight excluding hydrogens is 222 g/mol. The smallest absolute Gasteiger partial charge is 0.0865 e. The van der Waals surface area contributed by atoms with Gasteiger partial charge in [-0.3, -0.25) is 0 Å². The van der Waals surface area contributed by atoms with Crippen LogP contribution in [0.4, 0.5) is 0 Å². The first kappa shape index (κ1) is 13.6. The second-order valence-electron chi connectivity index (χ2n) is 5.42. The van der Waals surface area contributed by atoms with E-state index in [1.807, 2.05) is 0 Å². The van der Waals surface area contributed by atoms with E-state index in [0.717, 1.165) is 19.7 Å². The van der Waals surface area contributed by atoms with Gasteiger partial charge >= 0.3 is 0 Å². The molecule has 1 aromatic rings. The Kier molecular flexibility index (Phi) is 4.79. The van der Waals surface area contributed by atoms with E-state index in [4.69, 9.17) is 4.74 Å². The van der Waals surface area contributed by atoms with E-state index in [2.05, 4.69) is 44.3 Å². The molecule has 1 fully saturated rings. The van der Waals surface area contributed by atoms with E-state index < -0.39 is 0 Å². The van der Waals surface area contributed by atoms with Crippen LogP contribution in [-0.4, -0.2) is 19.7 Å². The molecule has 2 rings (SSSR count). The van der Waals surface area contributed by atoms with Crippen molar-refractivity contribution < 1.29 is 4.74 Å². The molecule has 0 saturated carbocycles. The topological polar surface area (TPSA) is 21.3 Å². The van der Waals surface area contributed by atoms with Gasteiger partial charge in [-0.25, -0.2) is 0 Å². The number of hydrogen-bond acceptors (Lipinski definition) is 2. The lowest BCUT2D eigenvalue weighted by Gasteiger charge is -2.32. The Morgan fingerprint density at radius 2 is 1.94 bits per heavy atom. The maximum Gasteiger partial charge on any atom is 0.0865 e. The molecule has 0 bridgehead atoms. The average molecular weight is 247 g/mol. The molecule has 2 nitrogen and oxygen atoms in total. The molecule has 2 heteroatoms. The lowest BCUT2D eigenvalue weighted by atomic mass is 9.88. The largest absolute Gasteiger partial charge is 0.373 e. The first-order chi connectivity index (χ1) is 8.70. The van der Waals surface area contributed by atoms with Gasteiger partial charge in [0.15, 0.2) is 0 Å². The number of aryl methyl sites for hydroxylation is 2. The summed E-state index contributed by atoms with van der Waals surface area (Å²) in [5.74, 6) is 0.611. The normalized spacial score (nSPS) is 24.2. The summed E-state index contributed by atoms with van der Waals surface area (Å²) in [6.07, 6.45) is 2.73. The number of rotatable bonds is 4. The van der Waals surface area contributed by atoms with Gasteiger partial charge in [0.25, 0.3) is 0 Å². The summed E-state index contributed by atoms with van der Waals surface area (Å²) in [5.41, 5.74) is 4.03. The molecule has 1 saturated heterocycles. The first-order valence-electron chi connectivity index (χ1n) is 7.11. The third kappa shape index (κ3) is 3.33. The van der Waals surface area contributed by atoms with Crippen LogP contribution in [0.5, 0.6) is 0 Å². The van der Waals surface area contributed by atoms with Gasteiger partial charge in [0.05, 0.1) is 6.10 Å². The molecule has 0 aliphatic carbocycles. The third-order valence-electron chi connectivity index (χ3n) is 3.67. The summed E-state index contributed by atoms with van der Waals surface area (Å²) in [4.78, 5) is 0. The second-order valence-corrected chi connectivity index (χ2v) is 5.42. The SMILES string of the molecule is CCNCC1CCCOC1c1cc(C)cc(C)c1. The zero-order chi connectivity index (χ0) is 13.0. The molecule has 0 radical (unpaired) electrons. The molecule has 1 aromatic carbocycles. The molecular formula is C16H25NO. The fourth-order valence-electron chi connectivity index (χ4n) is 2.92. The van der Waals surface area contributed by atoms with Gasteiger partial charge in [0, 0.05) is 19.1 Å². The molecule has 2 unspecified atom stereocenters. The molecule has 0 spiro atoms. The highest BCUT2D eigenvalue weighted by Gasteiger charge is 2.27. The Labute approximate surface area is 111 Å². The minimum Gasteiger partial charge on any atom is -0.373 e. The predicted octanol–water partition coefficient (Wildman–Crippen LogP) is 3.38. The molecule has 1 aliphatic heterocycles. The van der Waals surface area contributed by atoms with Gasteiger partial charge in [0.2, 0.25) is 0 Å². The zero-order valence-electron chi connectivity index (χ0n) is 11.8. The summed E-state index contributed by atoms with van der Waals surface area (Å²) in [6.45, 7) is 9.50. The van der Waals surface area contributed by atoms with Gasteiger partial charge in [0.1, 0.15) is 0 Å². The summed E-state index contributed by atoms with van der Waals surface area (Å²) in [5, 5.41) is 3.47. The van der Waals surface area contributed by atoms with Crippen LogP contribution in [0, 0.1) is 19.8 Å². The van der Waals surface area contributed by atoms with Crippen molar-refractivity contribution in [2.75, 3.05) is 19.7 Å². The first-order valence-corrected chi connectivity index (χ1v) is 7.11. The second kappa shape index (κ2) is 6.35. The summed E-state index contributed by atoms with van der Waals surface area (Å²) >= 11 is 0. The van der Waals surface area contributed by atoms with Crippen molar-refractivity contribution in [3.8, 4) is 0 Å². The minimum atomic E-state index is 0.274. The van der Waals surface area contributed by atoms with Crippen LogP contribution in [0.1, 0.15) is 42.6 Å². The van der Waals surface area contributed by atoms with Gasteiger partial charge in [-0.1, -0.05) is 36.2 Å². The maximum absolute atomic E-state index is 6.04. The lowest BCUT2D eigenvalue weighted by molar-refractivity contribution is -0.0276. The van der Waals surface area contributed by atoms with Crippen molar-refractivity contribution in [1.29, 1.82) is 0 Å². The number of benzene rings is 1. The van der Waals surface area contributed by atoms with E-state index in [1.165, 1.54) is 29.5 Å². The molecule has 0 amide bonds. The highest BCUT2D eigenvalue weighted by atomic mass is 16.5. The Morgan fingerprint density at radius 1 is 1.22 bits per heavy atom. The number of hydrogen-bond donors (Lipinski definition) is 1. The van der Waals surface area contributed by atoms with Crippen LogP contribution >= 0.6 is 0 Å². The van der Waals surface area contributed by atoms with E-state index in [0.29, 0.717) is 5.92 Å². The minimum absolute atomic E-state index is 0.274. The van der Waals surface area contributed by atoms with Gasteiger partial charge in [-0.05, 0) is 38.8 Å². The van der Waals surface area contributed by atoms with E-state index in [9.17, 15) is 0 Å². The van der Waals surface area contributed by atoms with Crippen LogP contribution in [0.3, 0.4) is 0 Å². The Hall–Kier alpha value is -0.860. The summed E-state index contributed by atoms with van der Waals surface area (Å²) < 4.78 is 6.04. The maximum atomic E-state index is 6.04. The highest BCUT2D eigenvalue weighted by Crippen LogP contribution is 2.34. The van der Waals surface area contributed by atoms with E-state index in [-0.39, 0.29) is 6.10 Å². The Balaban J connectivity index is 2.16. The van der Waals surface area contributed by atoms with Crippen LogP contribution < -0.4 is 5.32 Å². The van der Waals surface area contributed by atoms with E-state index >= 15 is 0 Å². The standard InChI is InChI=1S/C16H25NO/c1-4-17-11-14-6-5-7-18-16(14)15-9-12(2)8-13(3)10-15/h8-10,14,16-17H,4-7,11H2,1-3H3. The van der Waals surface area contributed by atoms with Crippen molar-refractivity contribution in [2.45, 2.75) is 39.7 Å². The quantitative estimate of drug-likeness (QED) is 0.880.